The molecule has 0 aliphatic carbocycles. The van der Waals surface area contributed by atoms with Crippen molar-refractivity contribution in [3.05, 3.63) is 54.1 Å². The number of nitrogens with one attached hydrogen (secondary N) is 1. The first-order valence-electron chi connectivity index (χ1n) is 6.16. The Hall–Kier alpha value is -2.47. The predicted octanol–water partition coefficient (Wildman–Crippen LogP) is 2.14. The van der Waals surface area contributed by atoms with Crippen molar-refractivity contribution in [2.75, 3.05) is 5.32 Å². The van der Waals surface area contributed by atoms with Gasteiger partial charge in [0.1, 0.15) is 5.52 Å². The molecule has 1 aromatic heterocycles. The fraction of sp³-hybridized carbons (Fsp3) is 0.0714. The van der Waals surface area contributed by atoms with Crippen LogP contribution >= 0.6 is 12.2 Å². The van der Waals surface area contributed by atoms with Crippen molar-refractivity contribution < 1.29 is 0 Å². The molecule has 0 saturated carbocycles. The fourth-order valence-corrected chi connectivity index (χ4v) is 2.16. The van der Waals surface area contributed by atoms with E-state index in [1.807, 2.05) is 53.2 Å². The van der Waals surface area contributed by atoms with Crippen LogP contribution in [0.2, 0.25) is 0 Å². The van der Waals surface area contributed by atoms with Crippen LogP contribution in [0.5, 0.6) is 0 Å². The SMILES string of the molecule is NC(=S)Nc1ccc(Cn2nnc3ccccc32)cc1. The van der Waals surface area contributed by atoms with E-state index in [0.717, 1.165) is 22.3 Å². The summed E-state index contributed by atoms with van der Waals surface area (Å²) in [4.78, 5) is 0. The lowest BCUT2D eigenvalue weighted by Gasteiger charge is -2.06. The number of benzene rings is 2. The first kappa shape index (κ1) is 12.6. The second-order valence-corrected chi connectivity index (χ2v) is 4.86. The highest BCUT2D eigenvalue weighted by Gasteiger charge is 2.04. The van der Waals surface area contributed by atoms with Crippen LogP contribution < -0.4 is 11.1 Å². The van der Waals surface area contributed by atoms with Crippen molar-refractivity contribution in [3.63, 3.8) is 0 Å². The minimum atomic E-state index is 0.264. The molecule has 3 N–H and O–H groups in total. The quantitative estimate of drug-likeness (QED) is 0.721. The second kappa shape index (κ2) is 5.26. The first-order chi connectivity index (χ1) is 9.72. The number of aromatic nitrogens is 3. The zero-order valence-electron chi connectivity index (χ0n) is 10.7. The molecule has 0 amide bonds. The largest absolute Gasteiger partial charge is 0.376 e. The average molecular weight is 283 g/mol. The van der Waals surface area contributed by atoms with E-state index in [1.54, 1.807) is 0 Å². The number of nitrogens with two attached hydrogens (primary N) is 1. The molecular formula is C14H13N5S. The summed E-state index contributed by atoms with van der Waals surface area (Å²) < 4.78 is 1.88. The van der Waals surface area contributed by atoms with Crippen molar-refractivity contribution in [1.29, 1.82) is 0 Å². The van der Waals surface area contributed by atoms with Crippen LogP contribution in [0.4, 0.5) is 5.69 Å². The molecule has 0 unspecified atom stereocenters. The molecule has 0 saturated heterocycles. The number of hydrogen-bond donors (Lipinski definition) is 2. The Morgan fingerprint density at radius 2 is 1.90 bits per heavy atom. The van der Waals surface area contributed by atoms with Gasteiger partial charge in [-0.05, 0) is 42.0 Å². The summed E-state index contributed by atoms with van der Waals surface area (Å²) in [6.07, 6.45) is 0. The first-order valence-corrected chi connectivity index (χ1v) is 6.57. The predicted molar refractivity (Wildman–Crippen MR) is 83.5 cm³/mol. The topological polar surface area (TPSA) is 68.8 Å². The molecule has 1 heterocycles. The average Bonchev–Trinajstić information content (AvgIpc) is 2.84. The van der Waals surface area contributed by atoms with Gasteiger partial charge in [-0.15, -0.1) is 5.10 Å². The van der Waals surface area contributed by atoms with Crippen LogP contribution in [0, 0.1) is 0 Å². The summed E-state index contributed by atoms with van der Waals surface area (Å²) in [5.41, 5.74) is 9.37. The van der Waals surface area contributed by atoms with Crippen LogP contribution in [0.3, 0.4) is 0 Å². The minimum absolute atomic E-state index is 0.264. The number of thiocarbonyl (C=S) groups is 1. The number of anilines is 1. The zero-order valence-corrected chi connectivity index (χ0v) is 11.5. The van der Waals surface area contributed by atoms with Crippen molar-refractivity contribution in [2.24, 2.45) is 5.73 Å². The summed E-state index contributed by atoms with van der Waals surface area (Å²) in [5, 5.41) is 11.5. The molecule has 0 spiro atoms. The molecule has 6 heteroatoms. The molecule has 100 valence electrons. The molecule has 0 bridgehead atoms. The Morgan fingerprint density at radius 3 is 2.65 bits per heavy atom. The van der Waals surface area contributed by atoms with E-state index in [2.05, 4.69) is 15.6 Å². The van der Waals surface area contributed by atoms with Crippen LogP contribution in [0.25, 0.3) is 11.0 Å². The van der Waals surface area contributed by atoms with Gasteiger partial charge in [0.05, 0.1) is 12.1 Å². The standard InChI is InChI=1S/C14H13N5S/c15-14(20)16-11-7-5-10(6-8-11)9-19-13-4-2-1-3-12(13)17-18-19/h1-8H,9H2,(H3,15,16,20). The lowest BCUT2D eigenvalue weighted by atomic mass is 10.2. The van der Waals surface area contributed by atoms with Crippen LogP contribution in [-0.2, 0) is 6.54 Å². The van der Waals surface area contributed by atoms with Crippen molar-refractivity contribution >= 4 is 34.1 Å². The molecule has 20 heavy (non-hydrogen) atoms. The highest BCUT2D eigenvalue weighted by atomic mass is 32.1. The highest BCUT2D eigenvalue weighted by Crippen LogP contribution is 2.14. The normalized spacial score (nSPS) is 10.6. The number of nitrogens with zero attached hydrogens (tertiary/aromatic N) is 3. The van der Waals surface area contributed by atoms with Gasteiger partial charge in [-0.2, -0.15) is 0 Å². The second-order valence-electron chi connectivity index (χ2n) is 4.42. The highest BCUT2D eigenvalue weighted by molar-refractivity contribution is 7.80. The molecular weight excluding hydrogens is 270 g/mol. The van der Waals surface area contributed by atoms with Crippen molar-refractivity contribution in [3.8, 4) is 0 Å². The smallest absolute Gasteiger partial charge is 0.168 e. The Morgan fingerprint density at radius 1 is 1.15 bits per heavy atom. The molecule has 0 atom stereocenters. The zero-order chi connectivity index (χ0) is 13.9. The van der Waals surface area contributed by atoms with Gasteiger partial charge >= 0.3 is 0 Å². The number of rotatable bonds is 3. The summed E-state index contributed by atoms with van der Waals surface area (Å²) in [7, 11) is 0. The lowest BCUT2D eigenvalue weighted by molar-refractivity contribution is 0.670. The maximum atomic E-state index is 5.43. The Balaban J connectivity index is 1.82. The fourth-order valence-electron chi connectivity index (χ4n) is 2.04. The Kier molecular flexibility index (Phi) is 3.30. The summed E-state index contributed by atoms with van der Waals surface area (Å²) in [5.74, 6) is 0. The van der Waals surface area contributed by atoms with E-state index in [-0.39, 0.29) is 5.11 Å². The molecule has 0 fully saturated rings. The Bertz CT molecular complexity index is 748. The van der Waals surface area contributed by atoms with Crippen LogP contribution in [-0.4, -0.2) is 20.1 Å². The van der Waals surface area contributed by atoms with Gasteiger partial charge < -0.3 is 11.1 Å². The van der Waals surface area contributed by atoms with Crippen LogP contribution in [0.15, 0.2) is 48.5 Å². The molecule has 3 aromatic rings. The maximum absolute atomic E-state index is 5.43. The number of hydrogen-bond acceptors (Lipinski definition) is 3. The molecule has 0 aliphatic heterocycles. The van der Waals surface area contributed by atoms with E-state index in [4.69, 9.17) is 18.0 Å². The summed E-state index contributed by atoms with van der Waals surface area (Å²) in [6.45, 7) is 0.674. The van der Waals surface area contributed by atoms with Crippen LogP contribution in [0.1, 0.15) is 5.56 Å². The minimum Gasteiger partial charge on any atom is -0.376 e. The molecule has 0 radical (unpaired) electrons. The number of para-hydroxylation sites is 1. The molecule has 2 aromatic carbocycles. The van der Waals surface area contributed by atoms with E-state index in [9.17, 15) is 0 Å². The lowest BCUT2D eigenvalue weighted by Crippen LogP contribution is -2.18. The third-order valence-corrected chi connectivity index (χ3v) is 3.08. The maximum Gasteiger partial charge on any atom is 0.168 e. The molecule has 5 nitrogen and oxygen atoms in total. The van der Waals surface area contributed by atoms with Gasteiger partial charge in [0.25, 0.3) is 0 Å². The van der Waals surface area contributed by atoms with Gasteiger partial charge in [-0.1, -0.05) is 29.5 Å². The summed E-state index contributed by atoms with van der Waals surface area (Å²) >= 11 is 4.80. The third-order valence-electron chi connectivity index (χ3n) is 2.97. The summed E-state index contributed by atoms with van der Waals surface area (Å²) in [6, 6.07) is 15.8. The molecule has 0 aliphatic rings. The van der Waals surface area contributed by atoms with E-state index < -0.39 is 0 Å². The van der Waals surface area contributed by atoms with Gasteiger partial charge in [0.2, 0.25) is 0 Å². The van der Waals surface area contributed by atoms with Crippen molar-refractivity contribution in [2.45, 2.75) is 6.54 Å². The Labute approximate surface area is 121 Å². The molecule has 3 rings (SSSR count). The monoisotopic (exact) mass is 283 g/mol. The van der Waals surface area contributed by atoms with Gasteiger partial charge in [-0.25, -0.2) is 4.68 Å². The van der Waals surface area contributed by atoms with E-state index in [1.165, 1.54) is 0 Å². The van der Waals surface area contributed by atoms with E-state index >= 15 is 0 Å². The van der Waals surface area contributed by atoms with E-state index in [0.29, 0.717) is 6.54 Å². The van der Waals surface area contributed by atoms with Gasteiger partial charge in [0, 0.05) is 5.69 Å². The van der Waals surface area contributed by atoms with Crippen molar-refractivity contribution in [1.82, 2.24) is 15.0 Å². The number of fused-ring (bicyclic) bond motifs is 1. The van der Waals surface area contributed by atoms with Gasteiger partial charge in [0.15, 0.2) is 5.11 Å². The third kappa shape index (κ3) is 2.60. The van der Waals surface area contributed by atoms with Gasteiger partial charge in [-0.3, -0.25) is 0 Å².